The third kappa shape index (κ3) is 6.26. The summed E-state index contributed by atoms with van der Waals surface area (Å²) in [6.45, 7) is 7.62. The van der Waals surface area contributed by atoms with Crippen LogP contribution in [-0.4, -0.2) is 68.9 Å². The minimum Gasteiger partial charge on any atom is -0.444 e. The van der Waals surface area contributed by atoms with Crippen molar-refractivity contribution in [1.29, 1.82) is 0 Å². The summed E-state index contributed by atoms with van der Waals surface area (Å²) in [7, 11) is 0. The standard InChI is InChI=1S/C27H33F3N6O3/c1-26(2,3)39-25(37)36-10-4-5-17(15-36)33-24-32-14-20(27(28,29)30)22(35-24)19-13-31-23-18(19)6-7-21(34-23)16-8-11-38-12-9-16/h6-7,13-14,16-17H,4-5,8-12,15H2,1-3H3,(H,31,34)(H,32,33,35)/t17-/m0/s1. The maximum atomic E-state index is 14.0. The third-order valence-corrected chi connectivity index (χ3v) is 6.96. The molecule has 1 amide bonds. The van der Waals surface area contributed by atoms with Gasteiger partial charge < -0.3 is 24.7 Å². The Kier molecular flexibility index (Phi) is 7.41. The van der Waals surface area contributed by atoms with Gasteiger partial charge in [-0.2, -0.15) is 13.2 Å². The lowest BCUT2D eigenvalue weighted by molar-refractivity contribution is -0.137. The minimum absolute atomic E-state index is 0.0650. The van der Waals surface area contributed by atoms with Gasteiger partial charge in [0.1, 0.15) is 16.8 Å². The van der Waals surface area contributed by atoms with Crippen molar-refractivity contribution in [2.45, 2.75) is 70.2 Å². The highest BCUT2D eigenvalue weighted by Gasteiger charge is 2.36. The van der Waals surface area contributed by atoms with Gasteiger partial charge in [0.05, 0.1) is 5.69 Å². The van der Waals surface area contributed by atoms with Crippen LogP contribution < -0.4 is 5.32 Å². The average Bonchev–Trinajstić information content (AvgIpc) is 3.31. The van der Waals surface area contributed by atoms with Crippen molar-refractivity contribution >= 4 is 23.1 Å². The molecule has 3 aromatic rings. The zero-order valence-corrected chi connectivity index (χ0v) is 22.3. The molecule has 9 nitrogen and oxygen atoms in total. The topological polar surface area (TPSA) is 105 Å². The summed E-state index contributed by atoms with van der Waals surface area (Å²) in [5, 5.41) is 3.68. The second-order valence-corrected chi connectivity index (χ2v) is 11.1. The number of amides is 1. The number of likely N-dealkylation sites (tertiary alicyclic amines) is 1. The molecule has 2 aliphatic heterocycles. The molecule has 1 atom stereocenters. The van der Waals surface area contributed by atoms with Gasteiger partial charge in [0.2, 0.25) is 5.95 Å². The van der Waals surface area contributed by atoms with Crippen molar-refractivity contribution in [2.75, 3.05) is 31.6 Å². The molecule has 0 saturated carbocycles. The molecular weight excluding hydrogens is 513 g/mol. The predicted octanol–water partition coefficient (Wildman–Crippen LogP) is 5.74. The maximum absolute atomic E-state index is 14.0. The largest absolute Gasteiger partial charge is 0.444 e. The number of nitrogens with zero attached hydrogens (tertiary/aromatic N) is 4. The number of aromatic amines is 1. The highest BCUT2D eigenvalue weighted by atomic mass is 19.4. The van der Waals surface area contributed by atoms with E-state index >= 15 is 0 Å². The number of hydrogen-bond donors (Lipinski definition) is 2. The number of ether oxygens (including phenoxy) is 2. The summed E-state index contributed by atoms with van der Waals surface area (Å²) in [6.07, 6.45) is 0.397. The van der Waals surface area contributed by atoms with Crippen LogP contribution in [0.25, 0.3) is 22.3 Å². The lowest BCUT2D eigenvalue weighted by Gasteiger charge is -2.34. The lowest BCUT2D eigenvalue weighted by Crippen LogP contribution is -2.47. The van der Waals surface area contributed by atoms with Crippen LogP contribution in [0.15, 0.2) is 24.5 Å². The number of piperidine rings is 1. The molecule has 3 aromatic heterocycles. The van der Waals surface area contributed by atoms with Gasteiger partial charge in [0.15, 0.2) is 0 Å². The fraction of sp³-hybridized carbons (Fsp3) is 0.556. The SMILES string of the molecule is CC(C)(C)OC(=O)N1CCC[C@H](Nc2ncc(C(F)(F)F)c(-c3c[nH]c4nc(C5CCOCC5)ccc34)n2)C1. The Hall–Kier alpha value is -3.41. The van der Waals surface area contributed by atoms with E-state index in [4.69, 9.17) is 14.5 Å². The van der Waals surface area contributed by atoms with Gasteiger partial charge in [-0.05, 0) is 58.6 Å². The van der Waals surface area contributed by atoms with Crippen LogP contribution in [0.2, 0.25) is 0 Å². The molecule has 39 heavy (non-hydrogen) atoms. The first-order valence-corrected chi connectivity index (χ1v) is 13.2. The van der Waals surface area contributed by atoms with E-state index in [0.717, 1.165) is 24.7 Å². The van der Waals surface area contributed by atoms with Crippen molar-refractivity contribution < 1.29 is 27.4 Å². The number of rotatable bonds is 4. The number of carbonyl (C=O) groups excluding carboxylic acids is 1. The van der Waals surface area contributed by atoms with E-state index in [1.807, 2.05) is 6.07 Å². The first-order valence-electron chi connectivity index (χ1n) is 13.2. The average molecular weight is 547 g/mol. The van der Waals surface area contributed by atoms with Crippen molar-refractivity contribution in [3.05, 3.63) is 35.8 Å². The number of nitrogens with one attached hydrogen (secondary N) is 2. The highest BCUT2D eigenvalue weighted by Crippen LogP contribution is 2.39. The molecule has 12 heteroatoms. The van der Waals surface area contributed by atoms with E-state index in [1.54, 1.807) is 31.7 Å². The summed E-state index contributed by atoms with van der Waals surface area (Å²) in [5.41, 5.74) is -0.0773. The zero-order valence-electron chi connectivity index (χ0n) is 22.3. The lowest BCUT2D eigenvalue weighted by atomic mass is 9.95. The Morgan fingerprint density at radius 2 is 1.92 bits per heavy atom. The molecule has 2 N–H and O–H groups in total. The Morgan fingerprint density at radius 3 is 2.64 bits per heavy atom. The number of fused-ring (bicyclic) bond motifs is 1. The van der Waals surface area contributed by atoms with Gasteiger partial charge in [-0.3, -0.25) is 0 Å². The van der Waals surface area contributed by atoms with Gasteiger partial charge in [-0.15, -0.1) is 0 Å². The van der Waals surface area contributed by atoms with Crippen LogP contribution >= 0.6 is 0 Å². The molecule has 5 rings (SSSR count). The molecule has 0 radical (unpaired) electrons. The molecule has 0 bridgehead atoms. The predicted molar refractivity (Wildman–Crippen MR) is 139 cm³/mol. The Bertz CT molecular complexity index is 1330. The Labute approximate surface area is 224 Å². The van der Waals surface area contributed by atoms with Crippen molar-refractivity contribution in [1.82, 2.24) is 24.8 Å². The van der Waals surface area contributed by atoms with Crippen molar-refractivity contribution in [3.63, 3.8) is 0 Å². The van der Waals surface area contributed by atoms with E-state index in [0.29, 0.717) is 55.7 Å². The number of halogens is 3. The Morgan fingerprint density at radius 1 is 1.15 bits per heavy atom. The molecule has 0 spiro atoms. The number of H-pyrrole nitrogens is 1. The minimum atomic E-state index is -4.65. The Balaban J connectivity index is 1.41. The molecule has 0 unspecified atom stereocenters. The van der Waals surface area contributed by atoms with Gasteiger partial charge in [-0.25, -0.2) is 19.7 Å². The number of aromatic nitrogens is 4. The first-order chi connectivity index (χ1) is 18.5. The van der Waals surface area contributed by atoms with Gasteiger partial charge in [-0.1, -0.05) is 0 Å². The highest BCUT2D eigenvalue weighted by molar-refractivity contribution is 5.93. The second-order valence-electron chi connectivity index (χ2n) is 11.1. The normalized spacial score (nSPS) is 19.3. The summed E-state index contributed by atoms with van der Waals surface area (Å²) in [5.74, 6) is 0.321. The van der Waals surface area contributed by atoms with Crippen LogP contribution in [0, 0.1) is 0 Å². The summed E-state index contributed by atoms with van der Waals surface area (Å²) >= 11 is 0. The molecule has 2 saturated heterocycles. The molecule has 0 aliphatic carbocycles. The van der Waals surface area contributed by atoms with Crippen molar-refractivity contribution in [2.24, 2.45) is 0 Å². The van der Waals surface area contributed by atoms with Crippen LogP contribution in [-0.2, 0) is 15.7 Å². The first kappa shape index (κ1) is 27.2. The van der Waals surface area contributed by atoms with Gasteiger partial charge >= 0.3 is 12.3 Å². The smallest absolute Gasteiger partial charge is 0.419 e. The summed E-state index contributed by atoms with van der Waals surface area (Å²) < 4.78 is 53.0. The monoisotopic (exact) mass is 546 g/mol. The van der Waals surface area contributed by atoms with Crippen LogP contribution in [0.3, 0.4) is 0 Å². The van der Waals surface area contributed by atoms with Gasteiger partial charge in [0.25, 0.3) is 0 Å². The molecule has 210 valence electrons. The number of carbonyl (C=O) groups is 1. The van der Waals surface area contributed by atoms with Gasteiger partial charge in [0, 0.05) is 67.3 Å². The van der Waals surface area contributed by atoms with E-state index in [1.165, 1.54) is 6.20 Å². The fourth-order valence-electron chi connectivity index (χ4n) is 5.07. The quantitative estimate of drug-likeness (QED) is 0.430. The van der Waals surface area contributed by atoms with E-state index in [2.05, 4.69) is 20.3 Å². The fourth-order valence-corrected chi connectivity index (χ4v) is 5.07. The van der Waals surface area contributed by atoms with E-state index in [9.17, 15) is 18.0 Å². The molecule has 5 heterocycles. The van der Waals surface area contributed by atoms with Crippen LogP contribution in [0.5, 0.6) is 0 Å². The maximum Gasteiger partial charge on any atom is 0.419 e. The number of anilines is 1. The molecule has 2 fully saturated rings. The molecule has 2 aliphatic rings. The summed E-state index contributed by atoms with van der Waals surface area (Å²) in [6, 6.07) is 3.44. The van der Waals surface area contributed by atoms with Crippen LogP contribution in [0.1, 0.15) is 63.6 Å². The number of hydrogen-bond acceptors (Lipinski definition) is 7. The third-order valence-electron chi connectivity index (χ3n) is 6.96. The molecular formula is C27H33F3N6O3. The summed E-state index contributed by atoms with van der Waals surface area (Å²) in [4.78, 5) is 30.2. The number of pyridine rings is 1. The van der Waals surface area contributed by atoms with Crippen molar-refractivity contribution in [3.8, 4) is 11.3 Å². The van der Waals surface area contributed by atoms with E-state index < -0.39 is 23.4 Å². The number of alkyl halides is 3. The second kappa shape index (κ2) is 10.6. The van der Waals surface area contributed by atoms with Crippen LogP contribution in [0.4, 0.5) is 23.9 Å². The zero-order chi connectivity index (χ0) is 27.8. The molecule has 0 aromatic carbocycles. The van der Waals surface area contributed by atoms with E-state index in [-0.39, 0.29) is 23.6 Å².